The average Bonchev–Trinajstić information content (AvgIpc) is 3.42. The molecule has 0 unspecified atom stereocenters. The van der Waals surface area contributed by atoms with E-state index in [2.05, 4.69) is 6.92 Å². The second kappa shape index (κ2) is 6.74. The van der Waals surface area contributed by atoms with E-state index in [-0.39, 0.29) is 47.1 Å². The molecule has 3 N–H and O–H groups in total. The molecular weight excluding hydrogens is 464 g/mol. The van der Waals surface area contributed by atoms with Gasteiger partial charge in [0, 0.05) is 18.3 Å². The highest BCUT2D eigenvalue weighted by Crippen LogP contribution is 2.75. The summed E-state index contributed by atoms with van der Waals surface area (Å²) >= 11 is 0. The number of esters is 1. The van der Waals surface area contributed by atoms with Gasteiger partial charge in [-0.2, -0.15) is 0 Å². The molecule has 36 heavy (non-hydrogen) atoms. The second-order valence-corrected chi connectivity index (χ2v) is 14.0. The molecule has 3 aliphatic heterocycles. The monoisotopic (exact) mass is 504 g/mol. The Morgan fingerprint density at radius 2 is 1.69 bits per heavy atom. The van der Waals surface area contributed by atoms with Gasteiger partial charge in [0.15, 0.2) is 0 Å². The van der Waals surface area contributed by atoms with Gasteiger partial charge in [-0.05, 0) is 69.1 Å². The first-order chi connectivity index (χ1) is 16.8. The quantitative estimate of drug-likeness (QED) is 0.338. The Bertz CT molecular complexity index is 1040. The first-order valence-electron chi connectivity index (χ1n) is 14.0. The Labute approximate surface area is 212 Å². The summed E-state index contributed by atoms with van der Waals surface area (Å²) in [6.45, 7) is 9.55. The van der Waals surface area contributed by atoms with Crippen molar-refractivity contribution in [2.24, 2.45) is 46.3 Å². The molecule has 4 aliphatic carbocycles. The Morgan fingerprint density at radius 1 is 0.972 bits per heavy atom. The SMILES string of the molecule is C[C@@H]1[C@@H](C)C(=O)O[C@@]12O[C@H]1C[C@H]3[C@H]4C[C@H]5O[C@]56[C@@H](O)CCC(=O)[C@]6(C)[C@H]4CC[C@]3(C)[C@H]1[C@@](C)(O)[C@@H]2O. The molecule has 3 heterocycles. The minimum absolute atomic E-state index is 0.101. The molecule has 7 aliphatic rings. The van der Waals surface area contributed by atoms with Gasteiger partial charge >= 0.3 is 5.97 Å². The molecule has 0 radical (unpaired) electrons. The van der Waals surface area contributed by atoms with E-state index in [0.717, 1.165) is 19.3 Å². The number of hydrogen-bond donors (Lipinski definition) is 3. The molecule has 8 nitrogen and oxygen atoms in total. The van der Waals surface area contributed by atoms with Crippen LogP contribution in [-0.2, 0) is 23.8 Å². The molecule has 0 aromatic rings. The van der Waals surface area contributed by atoms with Gasteiger partial charge in [-0.3, -0.25) is 9.59 Å². The van der Waals surface area contributed by atoms with Gasteiger partial charge in [0.25, 0.3) is 0 Å². The van der Waals surface area contributed by atoms with E-state index in [1.165, 1.54) is 0 Å². The van der Waals surface area contributed by atoms with Crippen LogP contribution in [0.2, 0.25) is 0 Å². The van der Waals surface area contributed by atoms with Crippen molar-refractivity contribution in [2.45, 2.75) is 115 Å². The third-order valence-electron chi connectivity index (χ3n) is 12.9. The number of ketones is 1. The van der Waals surface area contributed by atoms with Crippen molar-refractivity contribution in [1.29, 1.82) is 0 Å². The highest BCUT2D eigenvalue weighted by molar-refractivity contribution is 5.88. The lowest BCUT2D eigenvalue weighted by Crippen LogP contribution is -2.71. The van der Waals surface area contributed by atoms with Gasteiger partial charge in [-0.1, -0.05) is 20.8 Å². The van der Waals surface area contributed by atoms with E-state index in [0.29, 0.717) is 19.3 Å². The number of rotatable bonds is 0. The second-order valence-electron chi connectivity index (χ2n) is 14.0. The van der Waals surface area contributed by atoms with Gasteiger partial charge in [-0.25, -0.2) is 0 Å². The van der Waals surface area contributed by atoms with Crippen LogP contribution in [0, 0.1) is 46.3 Å². The standard InChI is InChI=1S/C28H40O8/c1-12-13(2)28(36-22(12)31)23(32)26(5,33)21-17(34-28)11-16-14-10-20-27(35-20)19(30)7-6-18(29)25(27,4)15(14)8-9-24(16,21)3/h12-17,19-21,23,30,32-33H,6-11H2,1-5H3/t12-,13-,14+,15+,16+,17+,19+,20-,21+,23+,24+,25+,26-,27-,28+/m1/s1. The molecule has 2 spiro atoms. The number of ether oxygens (including phenoxy) is 3. The zero-order valence-electron chi connectivity index (χ0n) is 21.9. The third kappa shape index (κ3) is 2.34. The van der Waals surface area contributed by atoms with Crippen LogP contribution in [0.25, 0.3) is 0 Å². The number of carbonyl (C=O) groups is 2. The van der Waals surface area contributed by atoms with Crippen molar-refractivity contribution in [3.63, 3.8) is 0 Å². The highest BCUT2D eigenvalue weighted by Gasteiger charge is 2.82. The Morgan fingerprint density at radius 3 is 2.36 bits per heavy atom. The molecule has 15 atom stereocenters. The normalized spacial score (nSPS) is 65.2. The fourth-order valence-electron chi connectivity index (χ4n) is 10.9. The lowest BCUT2D eigenvalue weighted by atomic mass is 9.43. The largest absolute Gasteiger partial charge is 0.429 e. The number of fused-ring (bicyclic) bond motifs is 6. The first-order valence-corrected chi connectivity index (χ1v) is 14.0. The van der Waals surface area contributed by atoms with Gasteiger partial charge in [0.2, 0.25) is 5.79 Å². The highest BCUT2D eigenvalue weighted by atomic mass is 16.7. The predicted molar refractivity (Wildman–Crippen MR) is 125 cm³/mol. The van der Waals surface area contributed by atoms with Gasteiger partial charge in [-0.15, -0.1) is 0 Å². The zero-order valence-corrected chi connectivity index (χ0v) is 21.9. The Balaban J connectivity index is 1.27. The minimum atomic E-state index is -1.55. The topological polar surface area (TPSA) is 126 Å². The molecule has 7 fully saturated rings. The average molecular weight is 505 g/mol. The minimum Gasteiger partial charge on any atom is -0.429 e. The maximum Gasteiger partial charge on any atom is 0.311 e. The van der Waals surface area contributed by atoms with Gasteiger partial charge < -0.3 is 29.5 Å². The number of aliphatic hydroxyl groups excluding tert-OH is 2. The van der Waals surface area contributed by atoms with E-state index in [1.807, 2.05) is 13.8 Å². The fourth-order valence-corrected chi connectivity index (χ4v) is 10.9. The summed E-state index contributed by atoms with van der Waals surface area (Å²) in [5, 5.41) is 34.5. The molecule has 0 aromatic carbocycles. The van der Waals surface area contributed by atoms with Crippen LogP contribution in [0.15, 0.2) is 0 Å². The summed E-state index contributed by atoms with van der Waals surface area (Å²) in [5.74, 6) is -2.45. The number of epoxide rings is 1. The first kappa shape index (κ1) is 24.0. The van der Waals surface area contributed by atoms with Crippen LogP contribution >= 0.6 is 0 Å². The molecule has 0 aromatic heterocycles. The Kier molecular flexibility index (Phi) is 4.49. The number of carbonyl (C=O) groups excluding carboxylic acids is 2. The van der Waals surface area contributed by atoms with Crippen LogP contribution in [0.3, 0.4) is 0 Å². The van der Waals surface area contributed by atoms with Crippen LogP contribution in [0.4, 0.5) is 0 Å². The van der Waals surface area contributed by atoms with E-state index >= 15 is 0 Å². The van der Waals surface area contributed by atoms with Crippen LogP contribution in [0.1, 0.15) is 73.1 Å². The maximum atomic E-state index is 13.5. The van der Waals surface area contributed by atoms with E-state index in [4.69, 9.17) is 14.2 Å². The fraction of sp³-hybridized carbons (Fsp3) is 0.929. The molecular formula is C28H40O8. The van der Waals surface area contributed by atoms with E-state index in [9.17, 15) is 24.9 Å². The van der Waals surface area contributed by atoms with E-state index < -0.39 is 52.4 Å². The van der Waals surface area contributed by atoms with Crippen LogP contribution < -0.4 is 0 Å². The summed E-state index contributed by atoms with van der Waals surface area (Å²) in [7, 11) is 0. The summed E-state index contributed by atoms with van der Waals surface area (Å²) in [5.41, 5.74) is -3.26. The molecule has 200 valence electrons. The predicted octanol–water partition coefficient (Wildman–Crippen LogP) is 1.96. The van der Waals surface area contributed by atoms with Crippen molar-refractivity contribution < 1.29 is 39.1 Å². The number of hydrogen-bond acceptors (Lipinski definition) is 8. The van der Waals surface area contributed by atoms with Gasteiger partial charge in [0.05, 0.1) is 29.6 Å². The zero-order chi connectivity index (χ0) is 25.8. The summed E-state index contributed by atoms with van der Waals surface area (Å²) in [6.07, 6.45) is 1.48. The van der Waals surface area contributed by atoms with Crippen molar-refractivity contribution in [1.82, 2.24) is 0 Å². The van der Waals surface area contributed by atoms with Crippen molar-refractivity contribution in [2.75, 3.05) is 0 Å². The van der Waals surface area contributed by atoms with Crippen molar-refractivity contribution in [3.8, 4) is 0 Å². The smallest absolute Gasteiger partial charge is 0.311 e. The lowest BCUT2D eigenvalue weighted by Gasteiger charge is -2.60. The van der Waals surface area contributed by atoms with Gasteiger partial charge in [0.1, 0.15) is 23.1 Å². The summed E-state index contributed by atoms with van der Waals surface area (Å²) in [6, 6.07) is 0. The molecule has 3 saturated heterocycles. The number of Topliss-reactive ketones (excluding diaryl/α,β-unsaturated/α-hetero) is 1. The van der Waals surface area contributed by atoms with Crippen LogP contribution in [0.5, 0.6) is 0 Å². The molecule has 0 amide bonds. The Hall–Kier alpha value is -1.06. The maximum absolute atomic E-state index is 13.5. The molecule has 8 heteroatoms. The van der Waals surface area contributed by atoms with E-state index in [1.54, 1.807) is 13.8 Å². The third-order valence-corrected chi connectivity index (χ3v) is 12.9. The number of aliphatic hydroxyl groups is 3. The molecule has 0 bridgehead atoms. The molecule has 4 saturated carbocycles. The van der Waals surface area contributed by atoms with Crippen molar-refractivity contribution in [3.05, 3.63) is 0 Å². The summed E-state index contributed by atoms with van der Waals surface area (Å²) in [4.78, 5) is 26.0. The van der Waals surface area contributed by atoms with Crippen LogP contribution in [-0.4, -0.2) is 68.5 Å². The lowest BCUT2D eigenvalue weighted by molar-refractivity contribution is -0.368. The van der Waals surface area contributed by atoms with Crippen molar-refractivity contribution >= 4 is 11.8 Å². The summed E-state index contributed by atoms with van der Waals surface area (Å²) < 4.78 is 18.6. The molecule has 7 rings (SSSR count).